The Bertz CT molecular complexity index is 525. The number of nitrogens with zero attached hydrogens (tertiary/aromatic N) is 1. The SMILES string of the molecule is Cc1ccc(NC(=O)CSC(C)C(=O)N2CCCNCC2)cc1. The van der Waals surface area contributed by atoms with Crippen LogP contribution in [0.25, 0.3) is 0 Å². The Morgan fingerprint density at radius 1 is 1.26 bits per heavy atom. The lowest BCUT2D eigenvalue weighted by atomic mass is 10.2. The molecular formula is C17H25N3O2S. The van der Waals surface area contributed by atoms with Gasteiger partial charge in [0.15, 0.2) is 0 Å². The molecule has 1 unspecified atom stereocenters. The van der Waals surface area contributed by atoms with Crippen LogP contribution in [0.1, 0.15) is 18.9 Å². The van der Waals surface area contributed by atoms with Gasteiger partial charge in [-0.05, 0) is 38.9 Å². The molecule has 1 atom stereocenters. The first kappa shape index (κ1) is 17.8. The smallest absolute Gasteiger partial charge is 0.235 e. The van der Waals surface area contributed by atoms with E-state index in [-0.39, 0.29) is 22.8 Å². The predicted molar refractivity (Wildman–Crippen MR) is 95.8 cm³/mol. The van der Waals surface area contributed by atoms with Crippen LogP contribution in [-0.4, -0.2) is 53.9 Å². The van der Waals surface area contributed by atoms with Crippen molar-refractivity contribution in [2.75, 3.05) is 37.2 Å². The Labute approximate surface area is 142 Å². The van der Waals surface area contributed by atoms with E-state index in [1.807, 2.05) is 43.0 Å². The van der Waals surface area contributed by atoms with Gasteiger partial charge in [-0.25, -0.2) is 0 Å². The average molecular weight is 335 g/mol. The third kappa shape index (κ3) is 5.88. The van der Waals surface area contributed by atoms with Crippen molar-refractivity contribution in [3.63, 3.8) is 0 Å². The van der Waals surface area contributed by atoms with Crippen molar-refractivity contribution < 1.29 is 9.59 Å². The number of nitrogens with one attached hydrogen (secondary N) is 2. The lowest BCUT2D eigenvalue weighted by Crippen LogP contribution is -2.39. The van der Waals surface area contributed by atoms with Gasteiger partial charge >= 0.3 is 0 Å². The standard InChI is InChI=1S/C17H25N3O2S/c1-13-4-6-15(7-5-13)19-16(21)12-23-14(2)17(22)20-10-3-8-18-9-11-20/h4-7,14,18H,3,8-12H2,1-2H3,(H,19,21). The van der Waals surface area contributed by atoms with E-state index in [1.54, 1.807) is 0 Å². The summed E-state index contributed by atoms with van der Waals surface area (Å²) in [6.07, 6.45) is 0.983. The molecule has 1 aliphatic heterocycles. The molecule has 0 aliphatic carbocycles. The van der Waals surface area contributed by atoms with Crippen LogP contribution in [0.3, 0.4) is 0 Å². The summed E-state index contributed by atoms with van der Waals surface area (Å²) in [5.41, 5.74) is 1.95. The van der Waals surface area contributed by atoms with Crippen molar-refractivity contribution in [3.05, 3.63) is 29.8 Å². The monoisotopic (exact) mass is 335 g/mol. The number of amides is 2. The summed E-state index contributed by atoms with van der Waals surface area (Å²) >= 11 is 1.39. The molecule has 1 fully saturated rings. The quantitative estimate of drug-likeness (QED) is 0.862. The maximum absolute atomic E-state index is 12.4. The van der Waals surface area contributed by atoms with E-state index in [0.717, 1.165) is 43.9 Å². The van der Waals surface area contributed by atoms with Crippen LogP contribution in [0.2, 0.25) is 0 Å². The highest BCUT2D eigenvalue weighted by Gasteiger charge is 2.22. The highest BCUT2D eigenvalue weighted by Crippen LogP contribution is 2.15. The fourth-order valence-electron chi connectivity index (χ4n) is 2.43. The maximum atomic E-state index is 12.4. The Kier molecular flexibility index (Phi) is 6.92. The van der Waals surface area contributed by atoms with Crippen molar-refractivity contribution >= 4 is 29.3 Å². The summed E-state index contributed by atoms with van der Waals surface area (Å²) < 4.78 is 0. The molecule has 1 aliphatic rings. The zero-order valence-corrected chi connectivity index (χ0v) is 14.6. The summed E-state index contributed by atoms with van der Waals surface area (Å²) in [6, 6.07) is 7.69. The molecule has 1 heterocycles. The van der Waals surface area contributed by atoms with E-state index in [1.165, 1.54) is 11.8 Å². The molecule has 6 heteroatoms. The third-order valence-electron chi connectivity index (χ3n) is 3.80. The molecule has 1 aromatic carbocycles. The molecule has 126 valence electrons. The third-order valence-corrected chi connectivity index (χ3v) is 4.93. The summed E-state index contributed by atoms with van der Waals surface area (Å²) in [6.45, 7) is 7.24. The predicted octanol–water partition coefficient (Wildman–Crippen LogP) is 1.88. The fraction of sp³-hybridized carbons (Fsp3) is 0.529. The molecule has 0 spiro atoms. The molecule has 0 aromatic heterocycles. The molecule has 0 saturated carbocycles. The summed E-state index contributed by atoms with van der Waals surface area (Å²) in [5, 5.41) is 5.95. The Balaban J connectivity index is 1.76. The van der Waals surface area contributed by atoms with Crippen molar-refractivity contribution in [2.24, 2.45) is 0 Å². The van der Waals surface area contributed by atoms with E-state index in [2.05, 4.69) is 10.6 Å². The second-order valence-corrected chi connectivity index (χ2v) is 7.13. The lowest BCUT2D eigenvalue weighted by Gasteiger charge is -2.23. The van der Waals surface area contributed by atoms with Gasteiger partial charge in [0.05, 0.1) is 11.0 Å². The van der Waals surface area contributed by atoms with Crippen LogP contribution in [0, 0.1) is 6.92 Å². The Morgan fingerprint density at radius 2 is 2.00 bits per heavy atom. The topological polar surface area (TPSA) is 61.4 Å². The van der Waals surface area contributed by atoms with Crippen molar-refractivity contribution in [1.82, 2.24) is 10.2 Å². The van der Waals surface area contributed by atoms with Crippen LogP contribution in [0.15, 0.2) is 24.3 Å². The molecular weight excluding hydrogens is 310 g/mol. The summed E-state index contributed by atoms with van der Waals surface area (Å²) in [5.74, 6) is 0.338. The maximum Gasteiger partial charge on any atom is 0.235 e. The van der Waals surface area contributed by atoms with Crippen molar-refractivity contribution in [3.8, 4) is 0 Å². The van der Waals surface area contributed by atoms with Gasteiger partial charge in [-0.2, -0.15) is 0 Å². The number of benzene rings is 1. The van der Waals surface area contributed by atoms with Gasteiger partial charge in [-0.15, -0.1) is 11.8 Å². The molecule has 1 saturated heterocycles. The highest BCUT2D eigenvalue weighted by molar-refractivity contribution is 8.01. The first-order valence-electron chi connectivity index (χ1n) is 8.04. The number of hydrogen-bond acceptors (Lipinski definition) is 4. The largest absolute Gasteiger partial charge is 0.340 e. The number of hydrogen-bond donors (Lipinski definition) is 2. The highest BCUT2D eigenvalue weighted by atomic mass is 32.2. The first-order valence-corrected chi connectivity index (χ1v) is 9.09. The van der Waals surface area contributed by atoms with Crippen LogP contribution in [-0.2, 0) is 9.59 Å². The van der Waals surface area contributed by atoms with Crippen LogP contribution < -0.4 is 10.6 Å². The van der Waals surface area contributed by atoms with E-state index < -0.39 is 0 Å². The van der Waals surface area contributed by atoms with Gasteiger partial charge in [0, 0.05) is 25.3 Å². The minimum atomic E-state index is -0.197. The summed E-state index contributed by atoms with van der Waals surface area (Å²) in [7, 11) is 0. The molecule has 2 rings (SSSR count). The van der Waals surface area contributed by atoms with Gasteiger partial charge in [0.25, 0.3) is 0 Å². The zero-order valence-electron chi connectivity index (χ0n) is 13.8. The Hall–Kier alpha value is -1.53. The van der Waals surface area contributed by atoms with Gasteiger partial charge in [0.2, 0.25) is 11.8 Å². The second kappa shape index (κ2) is 8.93. The van der Waals surface area contributed by atoms with Crippen molar-refractivity contribution in [1.29, 1.82) is 0 Å². The number of carbonyl (C=O) groups is 2. The van der Waals surface area contributed by atoms with Gasteiger partial charge in [-0.1, -0.05) is 17.7 Å². The molecule has 0 bridgehead atoms. The molecule has 5 nitrogen and oxygen atoms in total. The van der Waals surface area contributed by atoms with E-state index >= 15 is 0 Å². The number of aryl methyl sites for hydroxylation is 1. The minimum absolute atomic E-state index is 0.0731. The number of rotatable bonds is 5. The fourth-order valence-corrected chi connectivity index (χ4v) is 3.19. The average Bonchev–Trinajstić information content (AvgIpc) is 2.83. The zero-order chi connectivity index (χ0) is 16.7. The van der Waals surface area contributed by atoms with Crippen LogP contribution in [0.5, 0.6) is 0 Å². The first-order chi connectivity index (χ1) is 11.1. The minimum Gasteiger partial charge on any atom is -0.340 e. The van der Waals surface area contributed by atoms with Crippen LogP contribution in [0.4, 0.5) is 5.69 Å². The van der Waals surface area contributed by atoms with Crippen LogP contribution >= 0.6 is 11.8 Å². The molecule has 2 amide bonds. The normalized spacial score (nSPS) is 16.5. The van der Waals surface area contributed by atoms with Crippen molar-refractivity contribution in [2.45, 2.75) is 25.5 Å². The number of anilines is 1. The van der Waals surface area contributed by atoms with Gasteiger partial charge in [0.1, 0.15) is 0 Å². The van der Waals surface area contributed by atoms with E-state index in [9.17, 15) is 9.59 Å². The Morgan fingerprint density at radius 3 is 2.74 bits per heavy atom. The van der Waals surface area contributed by atoms with Gasteiger partial charge in [-0.3, -0.25) is 9.59 Å². The molecule has 0 radical (unpaired) electrons. The molecule has 23 heavy (non-hydrogen) atoms. The number of thioether (sulfide) groups is 1. The van der Waals surface area contributed by atoms with E-state index in [4.69, 9.17) is 0 Å². The summed E-state index contributed by atoms with van der Waals surface area (Å²) in [4.78, 5) is 26.3. The second-order valence-electron chi connectivity index (χ2n) is 5.80. The molecule has 1 aromatic rings. The number of carbonyl (C=O) groups excluding carboxylic acids is 2. The molecule has 2 N–H and O–H groups in total. The van der Waals surface area contributed by atoms with Gasteiger partial charge < -0.3 is 15.5 Å². The lowest BCUT2D eigenvalue weighted by molar-refractivity contribution is -0.130. The van der Waals surface area contributed by atoms with E-state index in [0.29, 0.717) is 0 Å².